The molecule has 1 fully saturated rings. The third kappa shape index (κ3) is 3.49. The van der Waals surface area contributed by atoms with Gasteiger partial charge in [-0.05, 0) is 36.8 Å². The van der Waals surface area contributed by atoms with Crippen LogP contribution in [0.5, 0.6) is 0 Å². The number of carbonyl (C=O) groups excluding carboxylic acids is 1. The minimum absolute atomic E-state index is 0.00569. The molecule has 100 valence electrons. The maximum Gasteiger partial charge on any atom is 0.275 e. The van der Waals surface area contributed by atoms with E-state index in [2.05, 4.69) is 28.8 Å². The molecule has 1 aliphatic rings. The van der Waals surface area contributed by atoms with E-state index in [1.54, 1.807) is 5.38 Å². The number of amides is 1. The molecule has 0 aromatic carbocycles. The second-order valence-corrected chi connectivity index (χ2v) is 5.80. The van der Waals surface area contributed by atoms with E-state index >= 15 is 0 Å². The van der Waals surface area contributed by atoms with Crippen molar-refractivity contribution in [3.63, 3.8) is 0 Å². The van der Waals surface area contributed by atoms with Crippen LogP contribution in [-0.4, -0.2) is 46.1 Å². The van der Waals surface area contributed by atoms with Gasteiger partial charge in [-0.1, -0.05) is 18.3 Å². The van der Waals surface area contributed by atoms with Crippen molar-refractivity contribution in [2.45, 2.75) is 32.7 Å². The summed E-state index contributed by atoms with van der Waals surface area (Å²) in [4.78, 5) is 14.2. The summed E-state index contributed by atoms with van der Waals surface area (Å²) in [5.74, 6) is 0.466. The maximum atomic E-state index is 12.3. The molecule has 2 heterocycles. The third-order valence-corrected chi connectivity index (χ3v) is 3.56. The molecule has 1 aromatic heterocycles. The lowest BCUT2D eigenvalue weighted by molar-refractivity contribution is 0.0715. The molecular formula is C12H20N4OS. The fraction of sp³-hybridized carbons (Fsp3) is 0.750. The van der Waals surface area contributed by atoms with Crippen LogP contribution in [0.15, 0.2) is 5.38 Å². The fourth-order valence-corrected chi connectivity index (χ4v) is 2.71. The van der Waals surface area contributed by atoms with E-state index in [-0.39, 0.29) is 5.91 Å². The molecule has 1 saturated heterocycles. The number of carbonyl (C=O) groups is 1. The van der Waals surface area contributed by atoms with Gasteiger partial charge in [0.15, 0.2) is 5.69 Å². The Balaban J connectivity index is 2.01. The van der Waals surface area contributed by atoms with Gasteiger partial charge in [0, 0.05) is 24.5 Å². The predicted molar refractivity (Wildman–Crippen MR) is 71.7 cm³/mol. The van der Waals surface area contributed by atoms with E-state index in [1.807, 2.05) is 4.90 Å². The standard InChI is InChI=1S/C12H20N4OS/c1-9(2)6-16(7-10-4-3-5-13-10)12(17)11-8-18-15-14-11/h8-10,13H,3-7H2,1-2H3. The van der Waals surface area contributed by atoms with E-state index in [0.717, 1.165) is 26.1 Å². The summed E-state index contributed by atoms with van der Waals surface area (Å²) >= 11 is 1.22. The van der Waals surface area contributed by atoms with Crippen molar-refractivity contribution in [3.05, 3.63) is 11.1 Å². The zero-order chi connectivity index (χ0) is 13.0. The quantitative estimate of drug-likeness (QED) is 0.876. The number of aromatic nitrogens is 2. The Kier molecular flexibility index (Phi) is 4.66. The Bertz CT molecular complexity index is 373. The lowest BCUT2D eigenvalue weighted by Gasteiger charge is -2.26. The van der Waals surface area contributed by atoms with Crippen molar-refractivity contribution >= 4 is 17.4 Å². The summed E-state index contributed by atoms with van der Waals surface area (Å²) in [6.07, 6.45) is 2.35. The highest BCUT2D eigenvalue weighted by Gasteiger charge is 2.24. The highest BCUT2D eigenvalue weighted by atomic mass is 32.1. The van der Waals surface area contributed by atoms with E-state index < -0.39 is 0 Å². The number of hydrogen-bond donors (Lipinski definition) is 1. The average Bonchev–Trinajstić information content (AvgIpc) is 2.99. The number of nitrogens with zero attached hydrogens (tertiary/aromatic N) is 3. The summed E-state index contributed by atoms with van der Waals surface area (Å²) < 4.78 is 3.77. The van der Waals surface area contributed by atoms with Crippen LogP contribution in [0, 0.1) is 5.92 Å². The van der Waals surface area contributed by atoms with Crippen molar-refractivity contribution in [3.8, 4) is 0 Å². The number of hydrogen-bond acceptors (Lipinski definition) is 5. The van der Waals surface area contributed by atoms with E-state index in [1.165, 1.54) is 18.0 Å². The topological polar surface area (TPSA) is 58.1 Å². The lowest BCUT2D eigenvalue weighted by Crippen LogP contribution is -2.43. The zero-order valence-electron chi connectivity index (χ0n) is 10.9. The molecule has 1 unspecified atom stereocenters. The molecule has 18 heavy (non-hydrogen) atoms. The second-order valence-electron chi connectivity index (χ2n) is 5.19. The normalized spacial score (nSPS) is 19.4. The van der Waals surface area contributed by atoms with Gasteiger partial charge in [-0.15, -0.1) is 5.10 Å². The average molecular weight is 268 g/mol. The molecule has 1 aromatic rings. The first-order valence-corrected chi connectivity index (χ1v) is 7.30. The van der Waals surface area contributed by atoms with Crippen LogP contribution in [0.2, 0.25) is 0 Å². The molecule has 0 radical (unpaired) electrons. The number of nitrogens with one attached hydrogen (secondary N) is 1. The van der Waals surface area contributed by atoms with Crippen LogP contribution < -0.4 is 5.32 Å². The number of rotatable bonds is 5. The molecule has 0 bridgehead atoms. The second kappa shape index (κ2) is 6.24. The van der Waals surface area contributed by atoms with Crippen LogP contribution in [-0.2, 0) is 0 Å². The molecule has 1 N–H and O–H groups in total. The Hall–Kier alpha value is -1.01. The van der Waals surface area contributed by atoms with Crippen LogP contribution in [0.1, 0.15) is 37.2 Å². The Labute approximate surface area is 112 Å². The summed E-state index contributed by atoms with van der Waals surface area (Å²) in [5.41, 5.74) is 0.471. The van der Waals surface area contributed by atoms with Crippen molar-refractivity contribution in [1.29, 1.82) is 0 Å². The Morgan fingerprint density at radius 3 is 3.06 bits per heavy atom. The largest absolute Gasteiger partial charge is 0.335 e. The molecule has 0 saturated carbocycles. The summed E-state index contributed by atoms with van der Waals surface area (Å²) in [6.45, 7) is 6.86. The molecule has 1 amide bonds. The first-order chi connectivity index (χ1) is 8.66. The summed E-state index contributed by atoms with van der Waals surface area (Å²) in [7, 11) is 0. The Morgan fingerprint density at radius 2 is 2.50 bits per heavy atom. The van der Waals surface area contributed by atoms with Crippen molar-refractivity contribution in [2.75, 3.05) is 19.6 Å². The van der Waals surface area contributed by atoms with Crippen molar-refractivity contribution in [2.24, 2.45) is 5.92 Å². The van der Waals surface area contributed by atoms with Gasteiger partial charge in [-0.3, -0.25) is 4.79 Å². The summed E-state index contributed by atoms with van der Waals surface area (Å²) in [5, 5.41) is 9.03. The first-order valence-electron chi connectivity index (χ1n) is 6.46. The third-order valence-electron chi connectivity index (χ3n) is 3.06. The van der Waals surface area contributed by atoms with Gasteiger partial charge >= 0.3 is 0 Å². The lowest BCUT2D eigenvalue weighted by atomic mass is 10.1. The van der Waals surface area contributed by atoms with Gasteiger partial charge in [-0.25, -0.2) is 0 Å². The minimum Gasteiger partial charge on any atom is -0.335 e. The monoisotopic (exact) mass is 268 g/mol. The molecule has 5 nitrogen and oxygen atoms in total. The molecule has 0 spiro atoms. The molecule has 1 aliphatic heterocycles. The van der Waals surface area contributed by atoms with Crippen molar-refractivity contribution < 1.29 is 4.79 Å². The van der Waals surface area contributed by atoms with E-state index in [0.29, 0.717) is 17.7 Å². The van der Waals surface area contributed by atoms with Gasteiger partial charge in [0.05, 0.1) is 0 Å². The molecule has 6 heteroatoms. The highest BCUT2D eigenvalue weighted by molar-refractivity contribution is 7.03. The van der Waals surface area contributed by atoms with Crippen LogP contribution in [0.4, 0.5) is 0 Å². The fourth-order valence-electron chi connectivity index (χ4n) is 2.28. The molecule has 0 aliphatic carbocycles. The van der Waals surface area contributed by atoms with Crippen LogP contribution in [0.25, 0.3) is 0 Å². The molecular weight excluding hydrogens is 248 g/mol. The van der Waals surface area contributed by atoms with Crippen LogP contribution in [0.3, 0.4) is 0 Å². The zero-order valence-corrected chi connectivity index (χ0v) is 11.7. The van der Waals surface area contributed by atoms with Crippen LogP contribution >= 0.6 is 11.5 Å². The van der Waals surface area contributed by atoms with Gasteiger partial charge < -0.3 is 10.2 Å². The Morgan fingerprint density at radius 1 is 1.67 bits per heavy atom. The molecule has 2 rings (SSSR count). The predicted octanol–water partition coefficient (Wildman–Crippen LogP) is 1.39. The highest BCUT2D eigenvalue weighted by Crippen LogP contribution is 2.12. The minimum atomic E-state index is 0.00569. The van der Waals surface area contributed by atoms with E-state index in [9.17, 15) is 4.79 Å². The molecule has 1 atom stereocenters. The van der Waals surface area contributed by atoms with Gasteiger partial charge in [-0.2, -0.15) is 0 Å². The maximum absolute atomic E-state index is 12.3. The van der Waals surface area contributed by atoms with Gasteiger partial charge in [0.25, 0.3) is 5.91 Å². The van der Waals surface area contributed by atoms with E-state index in [4.69, 9.17) is 0 Å². The van der Waals surface area contributed by atoms with Gasteiger partial charge in [0.2, 0.25) is 0 Å². The first kappa shape index (κ1) is 13.4. The van der Waals surface area contributed by atoms with Crippen molar-refractivity contribution in [1.82, 2.24) is 19.8 Å². The SMILES string of the molecule is CC(C)CN(CC1CCCN1)C(=O)c1csnn1. The smallest absolute Gasteiger partial charge is 0.275 e. The summed E-state index contributed by atoms with van der Waals surface area (Å²) in [6, 6.07) is 0.430. The van der Waals surface area contributed by atoms with Gasteiger partial charge in [0.1, 0.15) is 0 Å².